The van der Waals surface area contributed by atoms with E-state index >= 15 is 0 Å². The van der Waals surface area contributed by atoms with Gasteiger partial charge in [-0.2, -0.15) is 0 Å². The van der Waals surface area contributed by atoms with Gasteiger partial charge in [0.25, 0.3) is 0 Å². The standard InChI is InChI=1S/C19H26N2O2/c1-19(2,3)23-18(22)20-12-13-6-4-8-15(10-13)21-17-11-14-7-5-9-16(14)17/h4-6,8-10,14,16-17,21H,7,11-12H2,1-3H3,(H,20,22). The highest BCUT2D eigenvalue weighted by atomic mass is 16.6. The van der Waals surface area contributed by atoms with Crippen molar-refractivity contribution in [1.82, 2.24) is 5.32 Å². The number of ether oxygens (including phenoxy) is 1. The molecule has 0 heterocycles. The Hall–Kier alpha value is -1.97. The molecule has 0 saturated heterocycles. The number of alkyl carbamates (subject to hydrolysis) is 1. The lowest BCUT2D eigenvalue weighted by Gasteiger charge is -2.41. The number of amides is 1. The Labute approximate surface area is 138 Å². The van der Waals surface area contributed by atoms with Crippen molar-refractivity contribution in [1.29, 1.82) is 0 Å². The fraction of sp³-hybridized carbons (Fsp3) is 0.526. The molecule has 3 unspecified atom stereocenters. The Morgan fingerprint density at radius 2 is 2.17 bits per heavy atom. The fourth-order valence-corrected chi connectivity index (χ4v) is 3.36. The molecule has 1 amide bonds. The van der Waals surface area contributed by atoms with Crippen LogP contribution in [0.3, 0.4) is 0 Å². The molecule has 3 rings (SSSR count). The second-order valence-corrected chi connectivity index (χ2v) is 7.54. The zero-order valence-corrected chi connectivity index (χ0v) is 14.1. The molecular formula is C19H26N2O2. The lowest BCUT2D eigenvalue weighted by molar-refractivity contribution is 0.0523. The molecule has 0 bridgehead atoms. The number of nitrogens with one attached hydrogen (secondary N) is 2. The summed E-state index contributed by atoms with van der Waals surface area (Å²) < 4.78 is 5.25. The summed E-state index contributed by atoms with van der Waals surface area (Å²) in [5, 5.41) is 6.42. The molecule has 124 valence electrons. The molecule has 4 heteroatoms. The van der Waals surface area contributed by atoms with Crippen molar-refractivity contribution in [2.45, 2.75) is 51.8 Å². The minimum absolute atomic E-state index is 0.381. The van der Waals surface area contributed by atoms with Crippen LogP contribution in [0.5, 0.6) is 0 Å². The van der Waals surface area contributed by atoms with E-state index < -0.39 is 5.60 Å². The van der Waals surface area contributed by atoms with Crippen molar-refractivity contribution in [3.8, 4) is 0 Å². The highest BCUT2D eigenvalue weighted by Crippen LogP contribution is 2.44. The number of carbonyl (C=O) groups excluding carboxylic acids is 1. The number of carbonyl (C=O) groups is 1. The van der Waals surface area contributed by atoms with Gasteiger partial charge in [-0.3, -0.25) is 0 Å². The summed E-state index contributed by atoms with van der Waals surface area (Å²) in [4.78, 5) is 11.7. The van der Waals surface area contributed by atoms with Crippen LogP contribution in [0.4, 0.5) is 10.5 Å². The van der Waals surface area contributed by atoms with Crippen LogP contribution in [0.1, 0.15) is 39.2 Å². The van der Waals surface area contributed by atoms with Crippen molar-refractivity contribution >= 4 is 11.8 Å². The zero-order valence-electron chi connectivity index (χ0n) is 14.1. The first kappa shape index (κ1) is 15.9. The maximum Gasteiger partial charge on any atom is 0.407 e. The molecule has 3 atom stereocenters. The predicted octanol–water partition coefficient (Wildman–Crippen LogP) is 4.09. The third kappa shape index (κ3) is 4.06. The molecule has 0 aromatic heterocycles. The highest BCUT2D eigenvalue weighted by Gasteiger charge is 2.40. The predicted molar refractivity (Wildman–Crippen MR) is 92.3 cm³/mol. The molecule has 2 aliphatic rings. The topological polar surface area (TPSA) is 50.4 Å². The van der Waals surface area contributed by atoms with E-state index in [1.165, 1.54) is 12.8 Å². The van der Waals surface area contributed by atoms with Gasteiger partial charge < -0.3 is 15.4 Å². The van der Waals surface area contributed by atoms with Crippen LogP contribution >= 0.6 is 0 Å². The number of hydrogen-bond donors (Lipinski definition) is 2. The molecule has 0 radical (unpaired) electrons. The minimum atomic E-state index is -0.469. The minimum Gasteiger partial charge on any atom is -0.444 e. The van der Waals surface area contributed by atoms with Crippen LogP contribution in [-0.2, 0) is 11.3 Å². The molecule has 1 fully saturated rings. The first-order chi connectivity index (χ1) is 10.9. The van der Waals surface area contributed by atoms with Gasteiger partial charge in [-0.05, 0) is 57.2 Å². The van der Waals surface area contributed by atoms with E-state index in [0.29, 0.717) is 18.5 Å². The van der Waals surface area contributed by atoms with E-state index in [-0.39, 0.29) is 6.09 Å². The van der Waals surface area contributed by atoms with Gasteiger partial charge in [0.2, 0.25) is 0 Å². The average Bonchev–Trinajstić information content (AvgIpc) is 2.83. The Morgan fingerprint density at radius 3 is 2.91 bits per heavy atom. The van der Waals surface area contributed by atoms with Crippen molar-refractivity contribution in [3.63, 3.8) is 0 Å². The Balaban J connectivity index is 1.51. The quantitative estimate of drug-likeness (QED) is 0.823. The monoisotopic (exact) mass is 314 g/mol. The summed E-state index contributed by atoms with van der Waals surface area (Å²) in [7, 11) is 0. The Bertz CT molecular complexity index is 604. The van der Waals surface area contributed by atoms with Gasteiger partial charge in [0.1, 0.15) is 5.60 Å². The summed E-state index contributed by atoms with van der Waals surface area (Å²) in [5.74, 6) is 1.54. The first-order valence-corrected chi connectivity index (χ1v) is 8.40. The summed E-state index contributed by atoms with van der Waals surface area (Å²) in [6.07, 6.45) is 6.76. The number of rotatable bonds is 4. The molecule has 1 aromatic rings. The van der Waals surface area contributed by atoms with Gasteiger partial charge in [0, 0.05) is 24.2 Å². The van der Waals surface area contributed by atoms with E-state index in [4.69, 9.17) is 4.74 Å². The van der Waals surface area contributed by atoms with Gasteiger partial charge in [0.05, 0.1) is 0 Å². The lowest BCUT2D eigenvalue weighted by atomic mass is 9.71. The normalized spacial score (nSPS) is 25.4. The first-order valence-electron chi connectivity index (χ1n) is 8.40. The highest BCUT2D eigenvalue weighted by molar-refractivity contribution is 5.67. The summed E-state index contributed by atoms with van der Waals surface area (Å²) in [6, 6.07) is 8.77. The summed E-state index contributed by atoms with van der Waals surface area (Å²) in [5.41, 5.74) is 1.72. The third-order valence-electron chi connectivity index (χ3n) is 4.48. The van der Waals surface area contributed by atoms with Crippen molar-refractivity contribution in [2.75, 3.05) is 5.32 Å². The Kier molecular flexibility index (Phi) is 4.33. The molecule has 23 heavy (non-hydrogen) atoms. The van der Waals surface area contributed by atoms with Crippen LogP contribution in [0.2, 0.25) is 0 Å². The van der Waals surface area contributed by atoms with E-state index in [1.807, 2.05) is 32.9 Å². The van der Waals surface area contributed by atoms with Crippen LogP contribution in [0, 0.1) is 11.8 Å². The molecule has 1 aromatic carbocycles. The largest absolute Gasteiger partial charge is 0.444 e. The second kappa shape index (κ2) is 6.26. The molecule has 2 N–H and O–H groups in total. The SMILES string of the molecule is CC(C)(C)OC(=O)NCc1cccc(NC2CC3CC=CC32)c1. The van der Waals surface area contributed by atoms with E-state index in [2.05, 4.69) is 34.9 Å². The smallest absolute Gasteiger partial charge is 0.407 e. The molecule has 0 spiro atoms. The number of allylic oxidation sites excluding steroid dienone is 1. The molecular weight excluding hydrogens is 288 g/mol. The summed E-state index contributed by atoms with van der Waals surface area (Å²) >= 11 is 0. The van der Waals surface area contributed by atoms with E-state index in [9.17, 15) is 4.79 Å². The van der Waals surface area contributed by atoms with Gasteiger partial charge >= 0.3 is 6.09 Å². The molecule has 1 saturated carbocycles. The fourth-order valence-electron chi connectivity index (χ4n) is 3.36. The maximum absolute atomic E-state index is 11.7. The number of hydrogen-bond acceptors (Lipinski definition) is 3. The lowest BCUT2D eigenvalue weighted by Crippen LogP contribution is -2.43. The zero-order chi connectivity index (χ0) is 16.4. The number of benzene rings is 1. The third-order valence-corrected chi connectivity index (χ3v) is 4.48. The van der Waals surface area contributed by atoms with Gasteiger partial charge in [-0.1, -0.05) is 24.3 Å². The van der Waals surface area contributed by atoms with Crippen LogP contribution in [0.25, 0.3) is 0 Å². The van der Waals surface area contributed by atoms with Crippen molar-refractivity contribution in [3.05, 3.63) is 42.0 Å². The maximum atomic E-state index is 11.7. The van der Waals surface area contributed by atoms with Gasteiger partial charge in [-0.25, -0.2) is 4.79 Å². The molecule has 2 aliphatic carbocycles. The van der Waals surface area contributed by atoms with Crippen molar-refractivity contribution in [2.24, 2.45) is 11.8 Å². The molecule has 0 aliphatic heterocycles. The Morgan fingerprint density at radius 1 is 1.35 bits per heavy atom. The second-order valence-electron chi connectivity index (χ2n) is 7.54. The van der Waals surface area contributed by atoms with E-state index in [1.54, 1.807) is 0 Å². The number of anilines is 1. The molecule has 4 nitrogen and oxygen atoms in total. The van der Waals surface area contributed by atoms with Gasteiger partial charge in [0.15, 0.2) is 0 Å². The van der Waals surface area contributed by atoms with Crippen LogP contribution in [-0.4, -0.2) is 17.7 Å². The van der Waals surface area contributed by atoms with Crippen LogP contribution in [0.15, 0.2) is 36.4 Å². The summed E-state index contributed by atoms with van der Waals surface area (Å²) in [6.45, 7) is 6.06. The number of fused-ring (bicyclic) bond motifs is 1. The van der Waals surface area contributed by atoms with Crippen LogP contribution < -0.4 is 10.6 Å². The van der Waals surface area contributed by atoms with Gasteiger partial charge in [-0.15, -0.1) is 0 Å². The van der Waals surface area contributed by atoms with E-state index in [0.717, 1.165) is 17.2 Å². The van der Waals surface area contributed by atoms with Crippen molar-refractivity contribution < 1.29 is 9.53 Å². The average molecular weight is 314 g/mol.